The Morgan fingerprint density at radius 3 is 2.67 bits per heavy atom. The number of aromatic nitrogens is 2. The van der Waals surface area contributed by atoms with Crippen molar-refractivity contribution in [2.45, 2.75) is 20.4 Å². The van der Waals surface area contributed by atoms with E-state index in [4.69, 9.17) is 0 Å². The fraction of sp³-hybridized carbons (Fsp3) is 0.636. The van der Waals surface area contributed by atoms with Gasteiger partial charge >= 0.3 is 0 Å². The predicted molar refractivity (Wildman–Crippen MR) is 71.5 cm³/mol. The summed E-state index contributed by atoms with van der Waals surface area (Å²) in [4.78, 5) is 15.9. The first-order valence-corrected chi connectivity index (χ1v) is 7.82. The van der Waals surface area contributed by atoms with E-state index in [1.54, 1.807) is 10.8 Å². The molecule has 0 spiro atoms. The molecule has 102 valence electrons. The Hall–Kier alpha value is -1.37. The monoisotopic (exact) mass is 273 g/mol. The average molecular weight is 273 g/mol. The first kappa shape index (κ1) is 14.7. The van der Waals surface area contributed by atoms with Gasteiger partial charge < -0.3 is 9.88 Å². The molecule has 1 aromatic rings. The molecule has 1 rings (SSSR count). The summed E-state index contributed by atoms with van der Waals surface area (Å²) < 4.78 is 23.5. The number of rotatable bonds is 6. The van der Waals surface area contributed by atoms with Gasteiger partial charge in [0.15, 0.2) is 5.82 Å². The molecule has 0 fully saturated rings. The number of hydrogen-bond donors (Lipinski definition) is 1. The van der Waals surface area contributed by atoms with E-state index in [-0.39, 0.29) is 23.7 Å². The highest BCUT2D eigenvalue weighted by Crippen LogP contribution is 1.98. The van der Waals surface area contributed by atoms with Crippen LogP contribution in [0.15, 0.2) is 17.2 Å². The summed E-state index contributed by atoms with van der Waals surface area (Å²) >= 11 is 0. The summed E-state index contributed by atoms with van der Waals surface area (Å²) in [6.45, 7) is 4.84. The van der Waals surface area contributed by atoms with Crippen LogP contribution in [0.2, 0.25) is 0 Å². The molecule has 0 saturated heterocycles. The molecule has 0 unspecified atom stereocenters. The Bertz CT molecular complexity index is 549. The first-order chi connectivity index (χ1) is 8.29. The average Bonchev–Trinajstić information content (AvgIpc) is 2.21. The van der Waals surface area contributed by atoms with Gasteiger partial charge in [-0.3, -0.25) is 4.79 Å². The van der Waals surface area contributed by atoms with Crippen molar-refractivity contribution in [3.05, 3.63) is 22.7 Å². The number of sulfone groups is 1. The fourth-order valence-electron chi connectivity index (χ4n) is 1.46. The van der Waals surface area contributed by atoms with Crippen LogP contribution >= 0.6 is 0 Å². The van der Waals surface area contributed by atoms with E-state index in [0.29, 0.717) is 12.5 Å². The number of nitrogens with zero attached hydrogens (tertiary/aromatic N) is 2. The fourth-order valence-corrected chi connectivity index (χ4v) is 1.93. The largest absolute Gasteiger partial charge is 0.364 e. The maximum atomic E-state index is 11.9. The molecule has 0 amide bonds. The second kappa shape index (κ2) is 5.99. The van der Waals surface area contributed by atoms with Gasteiger partial charge in [0.25, 0.3) is 5.56 Å². The van der Waals surface area contributed by atoms with Crippen LogP contribution in [0.5, 0.6) is 0 Å². The predicted octanol–water partition coefficient (Wildman–Crippen LogP) is 0.356. The molecule has 1 N–H and O–H groups in total. The SMILES string of the molecule is CC(C)Cn1ccnc(NCCS(C)(=O)=O)c1=O. The molecule has 1 aromatic heterocycles. The van der Waals surface area contributed by atoms with Crippen molar-refractivity contribution in [3.8, 4) is 0 Å². The van der Waals surface area contributed by atoms with E-state index in [2.05, 4.69) is 10.3 Å². The van der Waals surface area contributed by atoms with Gasteiger partial charge in [-0.25, -0.2) is 13.4 Å². The zero-order valence-electron chi connectivity index (χ0n) is 10.9. The van der Waals surface area contributed by atoms with Crippen LogP contribution in [0.3, 0.4) is 0 Å². The number of nitrogens with one attached hydrogen (secondary N) is 1. The summed E-state index contributed by atoms with van der Waals surface area (Å²) in [5.74, 6) is 0.531. The molecule has 0 aliphatic carbocycles. The topological polar surface area (TPSA) is 81.1 Å². The summed E-state index contributed by atoms with van der Waals surface area (Å²) in [6, 6.07) is 0. The van der Waals surface area contributed by atoms with E-state index in [9.17, 15) is 13.2 Å². The molecule has 0 radical (unpaired) electrons. The Balaban J connectivity index is 2.75. The quantitative estimate of drug-likeness (QED) is 0.809. The summed E-state index contributed by atoms with van der Waals surface area (Å²) in [5.41, 5.74) is -0.222. The highest BCUT2D eigenvalue weighted by molar-refractivity contribution is 7.90. The molecule has 18 heavy (non-hydrogen) atoms. The summed E-state index contributed by atoms with van der Waals surface area (Å²) in [7, 11) is -3.04. The standard InChI is InChI=1S/C11H19N3O3S/c1-9(2)8-14-6-4-12-10(11(14)15)13-5-7-18(3,16)17/h4,6,9H,5,7-8H2,1-3H3,(H,12,13). The number of hydrogen-bond acceptors (Lipinski definition) is 5. The van der Waals surface area contributed by atoms with Crippen molar-refractivity contribution in [1.82, 2.24) is 9.55 Å². The van der Waals surface area contributed by atoms with Gasteiger partial charge in [0.1, 0.15) is 9.84 Å². The maximum Gasteiger partial charge on any atom is 0.293 e. The van der Waals surface area contributed by atoms with Crippen LogP contribution in [-0.2, 0) is 16.4 Å². The van der Waals surface area contributed by atoms with Crippen LogP contribution in [0, 0.1) is 5.92 Å². The van der Waals surface area contributed by atoms with Gasteiger partial charge in [0, 0.05) is 31.7 Å². The lowest BCUT2D eigenvalue weighted by Gasteiger charge is -2.10. The Labute approximate surface area is 107 Å². The van der Waals surface area contributed by atoms with Crippen molar-refractivity contribution in [1.29, 1.82) is 0 Å². The van der Waals surface area contributed by atoms with E-state index >= 15 is 0 Å². The lowest BCUT2D eigenvalue weighted by Crippen LogP contribution is -2.27. The minimum absolute atomic E-state index is 0.0206. The van der Waals surface area contributed by atoms with E-state index in [1.165, 1.54) is 6.20 Å². The molecule has 0 atom stereocenters. The molecule has 0 aromatic carbocycles. The smallest absolute Gasteiger partial charge is 0.293 e. The molecule has 6 nitrogen and oxygen atoms in total. The number of anilines is 1. The maximum absolute atomic E-state index is 11.9. The molecule has 0 saturated carbocycles. The van der Waals surface area contributed by atoms with E-state index < -0.39 is 9.84 Å². The van der Waals surface area contributed by atoms with Gasteiger partial charge in [-0.1, -0.05) is 13.8 Å². The third-order valence-corrected chi connectivity index (χ3v) is 3.19. The van der Waals surface area contributed by atoms with Crippen molar-refractivity contribution in [2.75, 3.05) is 23.9 Å². The highest BCUT2D eigenvalue weighted by Gasteiger charge is 2.07. The van der Waals surface area contributed by atoms with Crippen LogP contribution < -0.4 is 10.9 Å². The minimum atomic E-state index is -3.04. The molecule has 7 heteroatoms. The van der Waals surface area contributed by atoms with E-state index in [0.717, 1.165) is 6.26 Å². The zero-order valence-corrected chi connectivity index (χ0v) is 11.7. The van der Waals surface area contributed by atoms with Crippen molar-refractivity contribution < 1.29 is 8.42 Å². The minimum Gasteiger partial charge on any atom is -0.364 e. The van der Waals surface area contributed by atoms with Crippen LogP contribution in [0.25, 0.3) is 0 Å². The Kier molecular flexibility index (Phi) is 4.89. The lowest BCUT2D eigenvalue weighted by atomic mass is 10.2. The van der Waals surface area contributed by atoms with Crippen LogP contribution in [-0.4, -0.2) is 36.5 Å². The molecule has 0 aliphatic rings. The van der Waals surface area contributed by atoms with Crippen LogP contribution in [0.1, 0.15) is 13.8 Å². The Morgan fingerprint density at radius 2 is 2.11 bits per heavy atom. The summed E-state index contributed by atoms with van der Waals surface area (Å²) in [6.07, 6.45) is 4.32. The summed E-state index contributed by atoms with van der Waals surface area (Å²) in [5, 5.41) is 2.76. The highest BCUT2D eigenvalue weighted by atomic mass is 32.2. The van der Waals surface area contributed by atoms with Gasteiger partial charge in [-0.15, -0.1) is 0 Å². The molecule has 0 bridgehead atoms. The van der Waals surface area contributed by atoms with Gasteiger partial charge in [0.05, 0.1) is 5.75 Å². The Morgan fingerprint density at radius 1 is 1.44 bits per heavy atom. The van der Waals surface area contributed by atoms with E-state index in [1.807, 2.05) is 13.8 Å². The van der Waals surface area contributed by atoms with Gasteiger partial charge in [0.2, 0.25) is 0 Å². The van der Waals surface area contributed by atoms with Crippen molar-refractivity contribution in [2.24, 2.45) is 5.92 Å². The third-order valence-electron chi connectivity index (χ3n) is 2.24. The second-order valence-electron chi connectivity index (χ2n) is 4.68. The van der Waals surface area contributed by atoms with Gasteiger partial charge in [-0.05, 0) is 5.92 Å². The molecular formula is C11H19N3O3S. The first-order valence-electron chi connectivity index (χ1n) is 5.76. The van der Waals surface area contributed by atoms with Crippen molar-refractivity contribution >= 4 is 15.7 Å². The molecule has 1 heterocycles. The third kappa shape index (κ3) is 4.87. The second-order valence-corrected chi connectivity index (χ2v) is 6.94. The normalized spacial score (nSPS) is 11.8. The molecule has 0 aliphatic heterocycles. The van der Waals surface area contributed by atoms with Gasteiger partial charge in [-0.2, -0.15) is 0 Å². The van der Waals surface area contributed by atoms with Crippen molar-refractivity contribution in [3.63, 3.8) is 0 Å². The zero-order chi connectivity index (χ0) is 13.8. The van der Waals surface area contributed by atoms with Crippen LogP contribution in [0.4, 0.5) is 5.82 Å². The molecular weight excluding hydrogens is 254 g/mol. The lowest BCUT2D eigenvalue weighted by molar-refractivity contribution is 0.509.